The second-order valence-corrected chi connectivity index (χ2v) is 4.77. The van der Waals surface area contributed by atoms with Crippen molar-refractivity contribution in [1.82, 2.24) is 0 Å². The molecule has 0 aromatic heterocycles. The first-order chi connectivity index (χ1) is 11.7. The summed E-state index contributed by atoms with van der Waals surface area (Å²) in [6, 6.07) is 14.0. The highest BCUT2D eigenvalue weighted by atomic mass is 16.5. The lowest BCUT2D eigenvalue weighted by molar-refractivity contribution is 0.261. The molecule has 0 heterocycles. The van der Waals surface area contributed by atoms with Gasteiger partial charge in [0.2, 0.25) is 0 Å². The van der Waals surface area contributed by atoms with Gasteiger partial charge in [-0.15, -0.1) is 0 Å². The summed E-state index contributed by atoms with van der Waals surface area (Å²) >= 11 is 0. The third-order valence-electron chi connectivity index (χ3n) is 2.98. The van der Waals surface area contributed by atoms with Crippen LogP contribution in [0.25, 0.3) is 0 Å². The largest absolute Gasteiger partial charge is 0.487 e. The Morgan fingerprint density at radius 3 is 1.67 bits per heavy atom. The van der Waals surface area contributed by atoms with Crippen LogP contribution in [0.1, 0.15) is 0 Å². The maximum atomic E-state index is 12.3. The minimum Gasteiger partial charge on any atom is -0.487 e. The Bertz CT molecular complexity index is 654. The number of hydrogen-bond donors (Lipinski definition) is 2. The van der Waals surface area contributed by atoms with Crippen molar-refractivity contribution in [2.75, 3.05) is 23.8 Å². The van der Waals surface area contributed by atoms with Gasteiger partial charge in [-0.05, 0) is 24.3 Å². The van der Waals surface area contributed by atoms with E-state index in [1.165, 1.54) is 0 Å². The number of urea groups is 1. The van der Waals surface area contributed by atoms with Crippen molar-refractivity contribution in [3.05, 3.63) is 73.8 Å². The summed E-state index contributed by atoms with van der Waals surface area (Å²) in [6.07, 6.45) is 3.29. The number of carbonyl (C=O) groups is 1. The molecule has 0 bridgehead atoms. The third kappa shape index (κ3) is 4.91. The highest BCUT2D eigenvalue weighted by molar-refractivity contribution is 6.01. The van der Waals surface area contributed by atoms with E-state index in [-0.39, 0.29) is 6.03 Å². The molecule has 0 unspecified atom stereocenters. The lowest BCUT2D eigenvalue weighted by atomic mass is 10.3. The molecular formula is C19H20N2O3. The monoisotopic (exact) mass is 324 g/mol. The topological polar surface area (TPSA) is 59.6 Å². The smallest absolute Gasteiger partial charge is 0.323 e. The molecule has 0 saturated heterocycles. The van der Waals surface area contributed by atoms with Crippen LogP contribution in [0.2, 0.25) is 0 Å². The first kappa shape index (κ1) is 17.1. The van der Waals surface area contributed by atoms with E-state index < -0.39 is 0 Å². The molecule has 24 heavy (non-hydrogen) atoms. The summed E-state index contributed by atoms with van der Waals surface area (Å²) in [5.74, 6) is 1.15. The third-order valence-corrected chi connectivity index (χ3v) is 2.98. The second-order valence-electron chi connectivity index (χ2n) is 4.77. The van der Waals surface area contributed by atoms with Gasteiger partial charge in [0.1, 0.15) is 24.7 Å². The van der Waals surface area contributed by atoms with Gasteiger partial charge in [0, 0.05) is 0 Å². The predicted molar refractivity (Wildman–Crippen MR) is 96.9 cm³/mol. The lowest BCUT2D eigenvalue weighted by Crippen LogP contribution is -2.20. The van der Waals surface area contributed by atoms with Crippen LogP contribution in [0.4, 0.5) is 16.2 Å². The van der Waals surface area contributed by atoms with Crippen molar-refractivity contribution < 1.29 is 14.3 Å². The van der Waals surface area contributed by atoms with E-state index >= 15 is 0 Å². The van der Waals surface area contributed by atoms with E-state index in [2.05, 4.69) is 23.8 Å². The van der Waals surface area contributed by atoms with E-state index in [0.29, 0.717) is 36.1 Å². The van der Waals surface area contributed by atoms with Crippen molar-refractivity contribution in [1.29, 1.82) is 0 Å². The summed E-state index contributed by atoms with van der Waals surface area (Å²) in [5.41, 5.74) is 1.14. The van der Waals surface area contributed by atoms with Gasteiger partial charge in [-0.25, -0.2) is 4.79 Å². The highest BCUT2D eigenvalue weighted by Crippen LogP contribution is 2.26. The van der Waals surface area contributed by atoms with Gasteiger partial charge in [0.25, 0.3) is 0 Å². The molecule has 0 radical (unpaired) electrons. The second kappa shape index (κ2) is 9.05. The Morgan fingerprint density at radius 2 is 1.25 bits per heavy atom. The maximum Gasteiger partial charge on any atom is 0.323 e. The number of para-hydroxylation sites is 4. The van der Waals surface area contributed by atoms with Crippen LogP contribution in [0, 0.1) is 0 Å². The number of benzene rings is 2. The van der Waals surface area contributed by atoms with Crippen LogP contribution in [-0.4, -0.2) is 19.2 Å². The molecule has 0 aliphatic rings. The number of anilines is 2. The molecule has 124 valence electrons. The van der Waals surface area contributed by atoms with Crippen molar-refractivity contribution in [2.24, 2.45) is 0 Å². The van der Waals surface area contributed by atoms with E-state index in [4.69, 9.17) is 9.47 Å². The number of nitrogens with one attached hydrogen (secondary N) is 2. The minimum absolute atomic E-state index is 0.360. The van der Waals surface area contributed by atoms with Gasteiger partial charge >= 0.3 is 6.03 Å². The summed E-state index contributed by atoms with van der Waals surface area (Å²) in [7, 11) is 0. The van der Waals surface area contributed by atoms with Gasteiger partial charge in [-0.2, -0.15) is 0 Å². The van der Waals surface area contributed by atoms with Crippen molar-refractivity contribution >= 4 is 17.4 Å². The van der Waals surface area contributed by atoms with E-state index in [1.807, 2.05) is 24.3 Å². The molecule has 2 amide bonds. The summed E-state index contributed by atoms with van der Waals surface area (Å²) in [6.45, 7) is 7.94. The Balaban J connectivity index is 2.06. The molecule has 2 N–H and O–H groups in total. The summed E-state index contributed by atoms with van der Waals surface area (Å²) in [4.78, 5) is 12.3. The van der Waals surface area contributed by atoms with Crippen molar-refractivity contribution in [2.45, 2.75) is 0 Å². The Hall–Kier alpha value is -3.21. The van der Waals surface area contributed by atoms with Crippen LogP contribution < -0.4 is 20.1 Å². The normalized spacial score (nSPS) is 9.67. The lowest BCUT2D eigenvalue weighted by Gasteiger charge is -2.14. The highest BCUT2D eigenvalue weighted by Gasteiger charge is 2.10. The number of rotatable bonds is 8. The Kier molecular flexibility index (Phi) is 6.46. The zero-order valence-corrected chi connectivity index (χ0v) is 13.3. The maximum absolute atomic E-state index is 12.3. The van der Waals surface area contributed by atoms with Crippen LogP contribution in [0.5, 0.6) is 11.5 Å². The molecule has 0 aliphatic heterocycles. The molecule has 0 aliphatic carbocycles. The average molecular weight is 324 g/mol. The fourth-order valence-corrected chi connectivity index (χ4v) is 1.96. The zero-order valence-electron chi connectivity index (χ0n) is 13.3. The summed E-state index contributed by atoms with van der Waals surface area (Å²) < 4.78 is 11.0. The fraction of sp³-hybridized carbons (Fsp3) is 0.105. The molecule has 2 aromatic carbocycles. The summed E-state index contributed by atoms with van der Waals surface area (Å²) in [5, 5.41) is 5.53. The minimum atomic E-state index is -0.390. The van der Waals surface area contributed by atoms with Gasteiger partial charge in [0.15, 0.2) is 0 Å². The molecule has 0 saturated carbocycles. The van der Waals surface area contributed by atoms with Crippen LogP contribution in [0.3, 0.4) is 0 Å². The van der Waals surface area contributed by atoms with Crippen molar-refractivity contribution in [3.8, 4) is 11.5 Å². The van der Waals surface area contributed by atoms with E-state index in [0.717, 1.165) is 0 Å². The van der Waals surface area contributed by atoms with Gasteiger partial charge < -0.3 is 20.1 Å². The zero-order chi connectivity index (χ0) is 17.2. The van der Waals surface area contributed by atoms with Crippen molar-refractivity contribution in [3.63, 3.8) is 0 Å². The number of amides is 2. The molecule has 5 heteroatoms. The number of ether oxygens (including phenoxy) is 2. The SMILES string of the molecule is C=CCOc1ccccc1NC(=O)Nc1ccccc1OCC=C. The number of carbonyl (C=O) groups excluding carboxylic acids is 1. The quantitative estimate of drug-likeness (QED) is 0.705. The molecule has 0 spiro atoms. The van der Waals surface area contributed by atoms with Crippen LogP contribution >= 0.6 is 0 Å². The molecular weight excluding hydrogens is 304 g/mol. The van der Waals surface area contributed by atoms with Gasteiger partial charge in [-0.1, -0.05) is 49.6 Å². The Labute approximate surface area is 141 Å². The van der Waals surface area contributed by atoms with Gasteiger partial charge in [-0.3, -0.25) is 0 Å². The Morgan fingerprint density at radius 1 is 0.833 bits per heavy atom. The van der Waals surface area contributed by atoms with E-state index in [9.17, 15) is 4.79 Å². The molecule has 0 fully saturated rings. The van der Waals surface area contributed by atoms with E-state index in [1.54, 1.807) is 36.4 Å². The first-order valence-electron chi connectivity index (χ1n) is 7.48. The number of hydrogen-bond acceptors (Lipinski definition) is 3. The molecule has 2 rings (SSSR count). The fourth-order valence-electron chi connectivity index (χ4n) is 1.96. The van der Waals surface area contributed by atoms with Crippen LogP contribution in [0.15, 0.2) is 73.8 Å². The standard InChI is InChI=1S/C19H20N2O3/c1-3-13-23-17-11-7-5-9-15(17)20-19(22)21-16-10-6-8-12-18(16)24-14-4-2/h3-12H,1-2,13-14H2,(H2,20,21,22). The molecule has 5 nitrogen and oxygen atoms in total. The molecule has 0 atom stereocenters. The van der Waals surface area contributed by atoms with Gasteiger partial charge in [0.05, 0.1) is 11.4 Å². The van der Waals surface area contributed by atoms with Crippen LogP contribution in [-0.2, 0) is 0 Å². The predicted octanol–water partition coefficient (Wildman–Crippen LogP) is 4.46. The molecule has 2 aromatic rings. The average Bonchev–Trinajstić information content (AvgIpc) is 2.60. The first-order valence-corrected chi connectivity index (χ1v) is 7.48.